The van der Waals surface area contributed by atoms with Crippen LogP contribution in [0.2, 0.25) is 0 Å². The first-order valence-electron chi connectivity index (χ1n) is 16.9. The zero-order valence-electron chi connectivity index (χ0n) is 30.3. The largest absolute Gasteiger partial charge is 0.461 e. The first-order valence-corrected chi connectivity index (χ1v) is 15.4. The van der Waals surface area contributed by atoms with E-state index >= 15 is 0 Å². The Labute approximate surface area is 285 Å². The minimum Gasteiger partial charge on any atom is -0.461 e. The van der Waals surface area contributed by atoms with Crippen molar-refractivity contribution in [1.82, 2.24) is 40.1 Å². The van der Waals surface area contributed by atoms with E-state index in [9.17, 15) is 19.2 Å². The number of esters is 1. The maximum Gasteiger partial charge on any atom is 0.417 e. The molecule has 1 aliphatic rings. The summed E-state index contributed by atoms with van der Waals surface area (Å²) in [5.41, 5.74) is 1.75. The van der Waals surface area contributed by atoms with Gasteiger partial charge in [0, 0.05) is 72.7 Å². The average molecular weight is 675 g/mol. The molecule has 0 atom stereocenters. The average Bonchev–Trinajstić information content (AvgIpc) is 3.87. The number of pyridine rings is 2. The second-order valence-corrected chi connectivity index (χ2v) is 11.1. The number of ether oxygens (including phenoxy) is 2. The summed E-state index contributed by atoms with van der Waals surface area (Å²) in [6, 6.07) is 6.31. The number of nitrogens with one attached hydrogen (secondary N) is 2. The third-order valence-corrected chi connectivity index (χ3v) is 7.43. The number of carbonyl (C=O) groups excluding carboxylic acids is 4. The van der Waals surface area contributed by atoms with E-state index in [1.807, 2.05) is 12.2 Å². The van der Waals surface area contributed by atoms with E-state index in [0.717, 1.165) is 9.58 Å². The number of hydrogen-bond donors (Lipinski definition) is 2. The van der Waals surface area contributed by atoms with Gasteiger partial charge >= 0.3 is 12.1 Å². The smallest absolute Gasteiger partial charge is 0.417 e. The van der Waals surface area contributed by atoms with Crippen LogP contribution in [0, 0.1) is 12.8 Å². The Morgan fingerprint density at radius 2 is 1.96 bits per heavy atom. The van der Waals surface area contributed by atoms with Crippen LogP contribution in [0.15, 0.2) is 47.8 Å². The Morgan fingerprint density at radius 3 is 2.67 bits per heavy atom. The Bertz CT molecular complexity index is 2060. The summed E-state index contributed by atoms with van der Waals surface area (Å²) in [6.07, 6.45) is 5.80. The van der Waals surface area contributed by atoms with Crippen LogP contribution in [-0.4, -0.2) is 72.6 Å². The molecule has 0 radical (unpaired) electrons. The van der Waals surface area contributed by atoms with Gasteiger partial charge in [-0.2, -0.15) is 20.1 Å². The number of rotatable bonds is 12. The number of nitrogens with zero attached hydrogens (tertiary/aromatic N) is 9. The van der Waals surface area contributed by atoms with E-state index in [0.29, 0.717) is 41.6 Å². The Hall–Kier alpha value is -6.00. The molecule has 3 amide bonds. The molecule has 0 aliphatic heterocycles. The second kappa shape index (κ2) is 15.3. The van der Waals surface area contributed by atoms with Crippen LogP contribution in [-0.2, 0) is 39.4 Å². The van der Waals surface area contributed by atoms with Gasteiger partial charge in [-0.05, 0) is 38.3 Å². The lowest BCUT2D eigenvalue weighted by Crippen LogP contribution is -2.34. The van der Waals surface area contributed by atoms with Crippen molar-refractivity contribution in [3.63, 3.8) is 0 Å². The first kappa shape index (κ1) is 30.3. The van der Waals surface area contributed by atoms with E-state index < -0.39 is 37.4 Å². The Balaban J connectivity index is 1.51. The van der Waals surface area contributed by atoms with E-state index in [4.69, 9.17) is 13.6 Å². The van der Waals surface area contributed by atoms with Crippen molar-refractivity contribution in [1.29, 1.82) is 0 Å². The van der Waals surface area contributed by atoms with E-state index in [1.165, 1.54) is 30.3 Å². The van der Waals surface area contributed by atoms with Gasteiger partial charge in [0.25, 0.3) is 5.91 Å². The van der Waals surface area contributed by atoms with Crippen LogP contribution in [0.5, 0.6) is 0 Å². The molecule has 17 heteroatoms. The lowest BCUT2D eigenvalue weighted by atomic mass is 10.1. The van der Waals surface area contributed by atoms with Crippen LogP contribution in [0.1, 0.15) is 58.3 Å². The first-order chi connectivity index (χ1) is 24.7. The second-order valence-electron chi connectivity index (χ2n) is 11.1. The van der Waals surface area contributed by atoms with Crippen LogP contribution < -0.4 is 20.9 Å². The van der Waals surface area contributed by atoms with Gasteiger partial charge in [0.2, 0.25) is 5.91 Å². The Morgan fingerprint density at radius 1 is 1.14 bits per heavy atom. The molecule has 0 aromatic carbocycles. The molecule has 0 saturated heterocycles. The van der Waals surface area contributed by atoms with Gasteiger partial charge in [0.1, 0.15) is 29.3 Å². The van der Waals surface area contributed by atoms with Gasteiger partial charge in [0.15, 0.2) is 18.2 Å². The third kappa shape index (κ3) is 8.30. The van der Waals surface area contributed by atoms with Crippen molar-refractivity contribution < 1.29 is 32.8 Å². The predicted molar refractivity (Wildman–Crippen MR) is 175 cm³/mol. The molecular formula is C32H37N11O6. The van der Waals surface area contributed by atoms with Crippen LogP contribution >= 0.6 is 0 Å². The van der Waals surface area contributed by atoms with E-state index in [2.05, 4.69) is 35.6 Å². The lowest BCUT2D eigenvalue weighted by Gasteiger charge is -2.20. The highest BCUT2D eigenvalue weighted by Gasteiger charge is 2.30. The van der Waals surface area contributed by atoms with Gasteiger partial charge in [-0.25, -0.2) is 24.4 Å². The summed E-state index contributed by atoms with van der Waals surface area (Å²) in [5, 5.41) is 17.3. The molecule has 1 saturated carbocycles. The van der Waals surface area contributed by atoms with E-state index in [-0.39, 0.29) is 47.7 Å². The summed E-state index contributed by atoms with van der Waals surface area (Å²) in [6.45, 7) is -0.0653. The number of hydrogen-bond acceptors (Lipinski definition) is 12. The summed E-state index contributed by atoms with van der Waals surface area (Å²) in [7, 11) is 3.07. The molecule has 2 N–H and O–H groups in total. The minimum absolute atomic E-state index is 0.000585. The van der Waals surface area contributed by atoms with Crippen molar-refractivity contribution in [2.24, 2.45) is 18.0 Å². The fourth-order valence-electron chi connectivity index (χ4n) is 4.65. The number of amides is 3. The molecule has 0 bridgehead atoms. The standard InChI is InChI=1S/C32H37N11O6/c1-6-8-26(44)48-17-21-9-7-13-35-29(21)41(4)32(47)49-18-43-25(38-30(45)20-10-11-20)15-23(27(40-43)31(46)33-3)37-28-19(2)22(12-14-34-28)24-16-36-42(5)39-24/h7,9,12-16,20H,6,8,10-11,17-18H2,1-5H3,(H,33,46)(H,38,45)/i3D3. The molecule has 0 spiro atoms. The highest BCUT2D eigenvalue weighted by Crippen LogP contribution is 2.30. The topological polar surface area (TPSA) is 201 Å². The molecule has 4 aromatic rings. The summed E-state index contributed by atoms with van der Waals surface area (Å²) < 4.78 is 34.7. The van der Waals surface area contributed by atoms with Gasteiger partial charge in [-0.1, -0.05) is 13.0 Å². The SMILES string of the molecule is [2H]C([2H])([2H])NC(=O)c1nn(COC(=O)N(C)c2ncccc2COC(=O)CCC)c(NC(=O)C2CC2)cc1=Nc1nccc(-c2cnn(C)n2)c1C. The summed E-state index contributed by atoms with van der Waals surface area (Å²) in [5.74, 6) is -1.78. The number of anilines is 2. The van der Waals surface area contributed by atoms with Crippen molar-refractivity contribution >= 4 is 41.3 Å². The monoisotopic (exact) mass is 674 g/mol. The molecule has 4 aromatic heterocycles. The van der Waals surface area contributed by atoms with Crippen LogP contribution in [0.25, 0.3) is 11.3 Å². The molecule has 4 heterocycles. The minimum atomic E-state index is -2.89. The molecule has 256 valence electrons. The van der Waals surface area contributed by atoms with E-state index in [1.54, 1.807) is 38.4 Å². The quantitative estimate of drug-likeness (QED) is 0.209. The predicted octanol–water partition coefficient (Wildman–Crippen LogP) is 2.79. The fraction of sp³-hybridized carbons (Fsp3) is 0.375. The van der Waals surface area contributed by atoms with Gasteiger partial charge < -0.3 is 20.1 Å². The van der Waals surface area contributed by atoms with Crippen molar-refractivity contribution in [3.8, 4) is 11.3 Å². The molecule has 1 aliphatic carbocycles. The highest BCUT2D eigenvalue weighted by atomic mass is 16.6. The van der Waals surface area contributed by atoms with Crippen LogP contribution in [0.3, 0.4) is 0 Å². The van der Waals surface area contributed by atoms with Gasteiger partial charge in [-0.3, -0.25) is 19.3 Å². The van der Waals surface area contributed by atoms with Crippen molar-refractivity contribution in [2.75, 3.05) is 24.2 Å². The summed E-state index contributed by atoms with van der Waals surface area (Å²) in [4.78, 5) is 67.2. The molecule has 0 unspecified atom stereocenters. The fourth-order valence-corrected chi connectivity index (χ4v) is 4.65. The molecule has 49 heavy (non-hydrogen) atoms. The van der Waals surface area contributed by atoms with Crippen molar-refractivity contribution in [3.05, 3.63) is 65.0 Å². The number of carbonyl (C=O) groups is 4. The number of aromatic nitrogens is 7. The van der Waals surface area contributed by atoms with Gasteiger partial charge in [0.05, 0.1) is 6.20 Å². The maximum atomic E-state index is 13.4. The van der Waals surface area contributed by atoms with Gasteiger partial charge in [-0.15, -0.1) is 0 Å². The molecular weight excluding hydrogens is 634 g/mol. The zero-order valence-corrected chi connectivity index (χ0v) is 27.3. The maximum absolute atomic E-state index is 13.4. The summed E-state index contributed by atoms with van der Waals surface area (Å²) >= 11 is 0. The normalized spacial score (nSPS) is 13.9. The molecule has 17 nitrogen and oxygen atoms in total. The highest BCUT2D eigenvalue weighted by molar-refractivity contribution is 5.94. The third-order valence-electron chi connectivity index (χ3n) is 7.43. The number of aryl methyl sites for hydroxylation is 1. The molecule has 5 rings (SSSR count). The molecule has 1 fully saturated rings. The zero-order chi connectivity index (χ0) is 37.6. The van der Waals surface area contributed by atoms with Crippen LogP contribution in [0.4, 0.5) is 22.2 Å². The Kier molecular flexibility index (Phi) is 9.45. The van der Waals surface area contributed by atoms with Crippen molar-refractivity contribution in [2.45, 2.75) is 52.9 Å². The lowest BCUT2D eigenvalue weighted by molar-refractivity contribution is -0.145.